The summed E-state index contributed by atoms with van der Waals surface area (Å²) in [6.07, 6.45) is 1.37. The molecule has 0 fully saturated rings. The molecule has 0 spiro atoms. The van der Waals surface area contributed by atoms with Crippen molar-refractivity contribution in [3.63, 3.8) is 0 Å². The molecule has 2 aromatic carbocycles. The van der Waals surface area contributed by atoms with Crippen molar-refractivity contribution in [2.75, 3.05) is 30.3 Å². The average molecular weight is 391 g/mol. The highest BCUT2D eigenvalue weighted by Gasteiger charge is 2.18. The zero-order valence-corrected chi connectivity index (χ0v) is 16.8. The quantitative estimate of drug-likeness (QED) is 0.714. The minimum absolute atomic E-state index is 0.174. The van der Waals surface area contributed by atoms with E-state index in [0.717, 1.165) is 11.1 Å². The van der Waals surface area contributed by atoms with Crippen molar-refractivity contribution >= 4 is 21.6 Å². The Bertz CT molecular complexity index is 847. The van der Waals surface area contributed by atoms with Crippen LogP contribution in [0.15, 0.2) is 48.5 Å². The first-order chi connectivity index (χ1) is 12.8. The molecule has 7 heteroatoms. The smallest absolute Gasteiger partial charge is 0.232 e. The van der Waals surface area contributed by atoms with Crippen molar-refractivity contribution in [2.24, 2.45) is 0 Å². The fourth-order valence-electron chi connectivity index (χ4n) is 2.74. The van der Waals surface area contributed by atoms with Gasteiger partial charge in [-0.1, -0.05) is 24.3 Å². The number of rotatable bonds is 9. The van der Waals surface area contributed by atoms with Gasteiger partial charge in [-0.2, -0.15) is 0 Å². The first-order valence-corrected chi connectivity index (χ1v) is 10.6. The number of carbonyl (C=O) groups excluding carboxylic acids is 1. The lowest BCUT2D eigenvalue weighted by molar-refractivity contribution is -0.121. The van der Waals surface area contributed by atoms with Gasteiger partial charge < -0.3 is 10.1 Å². The molecule has 0 heterocycles. The molecule has 0 radical (unpaired) electrons. The van der Waals surface area contributed by atoms with Crippen LogP contribution in [-0.2, 0) is 14.8 Å². The summed E-state index contributed by atoms with van der Waals surface area (Å²) in [5.74, 6) is 0.531. The number of anilines is 1. The van der Waals surface area contributed by atoms with Crippen molar-refractivity contribution in [3.8, 4) is 5.75 Å². The Morgan fingerprint density at radius 2 is 1.70 bits per heavy atom. The number of carbonyl (C=O) groups is 1. The van der Waals surface area contributed by atoms with Crippen molar-refractivity contribution in [1.29, 1.82) is 0 Å². The first kappa shape index (κ1) is 20.8. The summed E-state index contributed by atoms with van der Waals surface area (Å²) in [7, 11) is -3.45. The second kappa shape index (κ2) is 9.41. The zero-order valence-electron chi connectivity index (χ0n) is 15.9. The summed E-state index contributed by atoms with van der Waals surface area (Å²) in [5, 5.41) is 2.75. The predicted molar refractivity (Wildman–Crippen MR) is 108 cm³/mol. The highest BCUT2D eigenvalue weighted by Crippen LogP contribution is 2.20. The third kappa shape index (κ3) is 6.94. The summed E-state index contributed by atoms with van der Waals surface area (Å²) in [4.78, 5) is 12.0. The lowest BCUT2D eigenvalue weighted by atomic mass is 10.1. The Morgan fingerprint density at radius 3 is 2.30 bits per heavy atom. The highest BCUT2D eigenvalue weighted by atomic mass is 32.2. The van der Waals surface area contributed by atoms with Gasteiger partial charge in [-0.05, 0) is 49.2 Å². The molecular weight excluding hydrogens is 364 g/mol. The van der Waals surface area contributed by atoms with Gasteiger partial charge >= 0.3 is 0 Å². The molecule has 27 heavy (non-hydrogen) atoms. The number of hydrogen-bond donors (Lipinski definition) is 1. The number of ether oxygens (including phenoxy) is 1. The molecule has 0 atom stereocenters. The summed E-state index contributed by atoms with van der Waals surface area (Å²) >= 11 is 0. The third-order valence-corrected chi connectivity index (χ3v) is 5.07. The Labute approximate surface area is 161 Å². The molecule has 2 rings (SSSR count). The van der Waals surface area contributed by atoms with Gasteiger partial charge in [0.05, 0.1) is 31.5 Å². The fraction of sp³-hybridized carbons (Fsp3) is 0.350. The standard InChI is InChI=1S/C20H26N2O4S/c1-16-13-17(2)15-18(14-16)22(27(3,24)25)11-10-21-20(23)9-12-26-19-7-5-4-6-8-19/h4-8,13-15H,9-12H2,1-3H3,(H,21,23). The molecule has 2 aromatic rings. The molecule has 0 aliphatic heterocycles. The highest BCUT2D eigenvalue weighted by molar-refractivity contribution is 7.92. The average Bonchev–Trinajstić information content (AvgIpc) is 2.57. The topological polar surface area (TPSA) is 75.7 Å². The molecule has 0 unspecified atom stereocenters. The minimum atomic E-state index is -3.45. The third-order valence-electron chi connectivity index (χ3n) is 3.87. The second-order valence-corrected chi connectivity index (χ2v) is 8.35. The molecule has 0 saturated carbocycles. The van der Waals surface area contributed by atoms with Crippen LogP contribution in [0.4, 0.5) is 5.69 Å². The van der Waals surface area contributed by atoms with E-state index in [4.69, 9.17) is 4.74 Å². The molecular formula is C20H26N2O4S. The lowest BCUT2D eigenvalue weighted by Gasteiger charge is -2.23. The van der Waals surface area contributed by atoms with Crippen LogP contribution < -0.4 is 14.4 Å². The van der Waals surface area contributed by atoms with Gasteiger partial charge in [-0.15, -0.1) is 0 Å². The minimum Gasteiger partial charge on any atom is -0.493 e. The van der Waals surface area contributed by atoms with E-state index in [9.17, 15) is 13.2 Å². The van der Waals surface area contributed by atoms with Gasteiger partial charge in [0.25, 0.3) is 0 Å². The summed E-state index contributed by atoms with van der Waals surface area (Å²) in [6.45, 7) is 4.51. The van der Waals surface area contributed by atoms with Crippen molar-refractivity contribution in [1.82, 2.24) is 5.32 Å². The Kier molecular flexibility index (Phi) is 7.24. The maximum Gasteiger partial charge on any atom is 0.232 e. The summed E-state index contributed by atoms with van der Waals surface area (Å²) in [5.41, 5.74) is 2.58. The van der Waals surface area contributed by atoms with E-state index < -0.39 is 10.0 Å². The molecule has 1 N–H and O–H groups in total. The van der Waals surface area contributed by atoms with Gasteiger partial charge in [0.1, 0.15) is 5.75 Å². The Hall–Kier alpha value is -2.54. The van der Waals surface area contributed by atoms with Crippen LogP contribution in [-0.4, -0.2) is 40.3 Å². The van der Waals surface area contributed by atoms with Crippen molar-refractivity contribution < 1.29 is 17.9 Å². The van der Waals surface area contributed by atoms with Crippen LogP contribution in [0.3, 0.4) is 0 Å². The van der Waals surface area contributed by atoms with Crippen LogP contribution in [0, 0.1) is 13.8 Å². The van der Waals surface area contributed by atoms with Crippen LogP contribution in [0.1, 0.15) is 17.5 Å². The molecule has 0 saturated heterocycles. The number of amides is 1. The van der Waals surface area contributed by atoms with E-state index in [2.05, 4.69) is 5.32 Å². The van der Waals surface area contributed by atoms with Crippen LogP contribution in [0.25, 0.3) is 0 Å². The van der Waals surface area contributed by atoms with E-state index in [-0.39, 0.29) is 32.0 Å². The zero-order chi connectivity index (χ0) is 19.9. The molecule has 0 bridgehead atoms. The van der Waals surface area contributed by atoms with E-state index in [1.54, 1.807) is 0 Å². The largest absolute Gasteiger partial charge is 0.493 e. The van der Waals surface area contributed by atoms with Crippen LogP contribution in [0.2, 0.25) is 0 Å². The fourth-order valence-corrected chi connectivity index (χ4v) is 3.66. The van der Waals surface area contributed by atoms with Gasteiger partial charge in [-0.3, -0.25) is 9.10 Å². The molecule has 146 valence electrons. The number of nitrogens with one attached hydrogen (secondary N) is 1. The van der Waals surface area contributed by atoms with E-state index >= 15 is 0 Å². The van der Waals surface area contributed by atoms with Crippen molar-refractivity contribution in [3.05, 3.63) is 59.7 Å². The number of sulfonamides is 1. The summed E-state index contributed by atoms with van der Waals surface area (Å²) < 4.78 is 31.1. The second-order valence-electron chi connectivity index (χ2n) is 6.44. The van der Waals surface area contributed by atoms with E-state index in [1.807, 2.05) is 62.4 Å². The van der Waals surface area contributed by atoms with Gasteiger partial charge in [0, 0.05) is 6.54 Å². The first-order valence-electron chi connectivity index (χ1n) is 8.76. The number of para-hydroxylation sites is 1. The number of nitrogens with zero attached hydrogens (tertiary/aromatic N) is 1. The number of hydrogen-bond acceptors (Lipinski definition) is 4. The maximum absolute atomic E-state index is 12.2. The number of benzene rings is 2. The molecule has 6 nitrogen and oxygen atoms in total. The Balaban J connectivity index is 1.85. The summed E-state index contributed by atoms with van der Waals surface area (Å²) in [6, 6.07) is 14.9. The monoisotopic (exact) mass is 390 g/mol. The predicted octanol–water partition coefficient (Wildman–Crippen LogP) is 2.65. The van der Waals surface area contributed by atoms with Crippen LogP contribution >= 0.6 is 0 Å². The molecule has 0 aliphatic rings. The van der Waals surface area contributed by atoms with Crippen molar-refractivity contribution in [2.45, 2.75) is 20.3 Å². The van der Waals surface area contributed by atoms with Gasteiger partial charge in [-0.25, -0.2) is 8.42 Å². The van der Waals surface area contributed by atoms with Crippen LogP contribution in [0.5, 0.6) is 5.75 Å². The normalized spacial score (nSPS) is 11.1. The maximum atomic E-state index is 12.2. The molecule has 0 aromatic heterocycles. The molecule has 1 amide bonds. The van der Waals surface area contributed by atoms with Gasteiger partial charge in [0.2, 0.25) is 15.9 Å². The Morgan fingerprint density at radius 1 is 1.07 bits per heavy atom. The van der Waals surface area contributed by atoms with Gasteiger partial charge in [0.15, 0.2) is 0 Å². The van der Waals surface area contributed by atoms with E-state index in [0.29, 0.717) is 11.4 Å². The number of aryl methyl sites for hydroxylation is 2. The molecule has 0 aliphatic carbocycles. The van der Waals surface area contributed by atoms with E-state index in [1.165, 1.54) is 10.6 Å². The SMILES string of the molecule is Cc1cc(C)cc(N(CCNC(=O)CCOc2ccccc2)S(C)(=O)=O)c1. The lowest BCUT2D eigenvalue weighted by Crippen LogP contribution is -2.38.